The average Bonchev–Trinajstić information content (AvgIpc) is 2.45. The van der Waals surface area contributed by atoms with E-state index in [1.165, 1.54) is 30.3 Å². The summed E-state index contributed by atoms with van der Waals surface area (Å²) in [5.41, 5.74) is -0.540. The second kappa shape index (κ2) is 6.33. The summed E-state index contributed by atoms with van der Waals surface area (Å²) < 4.78 is 27.9. The Morgan fingerprint density at radius 1 is 1.24 bits per heavy atom. The predicted molar refractivity (Wildman–Crippen MR) is 78.2 cm³/mol. The molecule has 0 bridgehead atoms. The van der Waals surface area contributed by atoms with Crippen molar-refractivity contribution in [1.82, 2.24) is 0 Å². The van der Waals surface area contributed by atoms with Crippen molar-refractivity contribution in [2.75, 3.05) is 0 Å². The molecule has 0 amide bonds. The highest BCUT2D eigenvalue weighted by Gasteiger charge is 2.29. The molecule has 0 aromatic heterocycles. The summed E-state index contributed by atoms with van der Waals surface area (Å²) in [4.78, 5) is 12.3. The molecule has 0 fully saturated rings. The number of nitrogens with zero attached hydrogens (tertiary/aromatic N) is 1. The summed E-state index contributed by atoms with van der Waals surface area (Å²) in [6.45, 7) is 0. The lowest BCUT2D eigenvalue weighted by Gasteiger charge is -2.12. The minimum absolute atomic E-state index is 0.0506. The first kappa shape index (κ1) is 15.6. The highest BCUT2D eigenvalue weighted by Crippen LogP contribution is 2.31. The van der Waals surface area contributed by atoms with Gasteiger partial charge in [-0.25, -0.2) is 8.78 Å². The van der Waals surface area contributed by atoms with Crippen molar-refractivity contribution in [3.8, 4) is 6.07 Å². The third-order valence-electron chi connectivity index (χ3n) is 2.90. The number of nitriles is 1. The fraction of sp³-hybridized carbons (Fsp3) is 0.0667. The van der Waals surface area contributed by atoms with Gasteiger partial charge in [-0.1, -0.05) is 23.7 Å². The van der Waals surface area contributed by atoms with Crippen molar-refractivity contribution in [3.05, 3.63) is 68.7 Å². The molecule has 21 heavy (non-hydrogen) atoms. The monoisotopic (exact) mass is 369 g/mol. The minimum Gasteiger partial charge on any atom is -0.292 e. The van der Waals surface area contributed by atoms with Gasteiger partial charge < -0.3 is 0 Å². The second-order valence-electron chi connectivity index (χ2n) is 4.16. The Balaban J connectivity index is 2.55. The van der Waals surface area contributed by atoms with Crippen LogP contribution in [-0.4, -0.2) is 5.78 Å². The van der Waals surface area contributed by atoms with Crippen LogP contribution in [0.3, 0.4) is 0 Å². The molecular formula is C15H7BrClF2NO. The highest BCUT2D eigenvalue weighted by molar-refractivity contribution is 9.10. The maximum absolute atomic E-state index is 14.0. The summed E-state index contributed by atoms with van der Waals surface area (Å²) in [6, 6.07) is 9.63. The summed E-state index contributed by atoms with van der Waals surface area (Å²) in [7, 11) is 0. The van der Waals surface area contributed by atoms with Crippen LogP contribution in [0, 0.1) is 23.0 Å². The van der Waals surface area contributed by atoms with E-state index in [2.05, 4.69) is 15.9 Å². The molecule has 1 atom stereocenters. The lowest BCUT2D eigenvalue weighted by molar-refractivity contribution is 0.0973. The van der Waals surface area contributed by atoms with Crippen LogP contribution in [0.25, 0.3) is 0 Å². The third kappa shape index (κ3) is 2.97. The van der Waals surface area contributed by atoms with E-state index in [0.29, 0.717) is 0 Å². The standard InChI is InChI=1S/C15H7BrClF2NO/c16-10-4-1-3-8(14(10)19)15(21)9(7-20)13-11(17)5-2-6-12(13)18/h1-6,9H. The third-order valence-corrected chi connectivity index (χ3v) is 3.84. The summed E-state index contributed by atoms with van der Waals surface area (Å²) in [5, 5.41) is 9.14. The van der Waals surface area contributed by atoms with Gasteiger partial charge in [0.25, 0.3) is 0 Å². The molecule has 1 unspecified atom stereocenters. The molecule has 2 aromatic rings. The van der Waals surface area contributed by atoms with Gasteiger partial charge in [-0.05, 0) is 40.2 Å². The van der Waals surface area contributed by atoms with Gasteiger partial charge in [0.15, 0.2) is 5.78 Å². The van der Waals surface area contributed by atoms with Gasteiger partial charge in [0.05, 0.1) is 16.1 Å². The van der Waals surface area contributed by atoms with E-state index in [0.717, 1.165) is 6.07 Å². The maximum Gasteiger partial charge on any atom is 0.187 e. The Bertz CT molecular complexity index is 738. The number of halogens is 4. The minimum atomic E-state index is -1.51. The number of Topliss-reactive ketones (excluding diaryl/α,β-unsaturated/α-hetero) is 1. The zero-order valence-electron chi connectivity index (χ0n) is 10.4. The number of hydrogen-bond acceptors (Lipinski definition) is 2. The van der Waals surface area contributed by atoms with Crippen LogP contribution >= 0.6 is 27.5 Å². The van der Waals surface area contributed by atoms with Crippen LogP contribution < -0.4 is 0 Å². The molecule has 0 saturated carbocycles. The van der Waals surface area contributed by atoms with Gasteiger partial charge in [0, 0.05) is 10.6 Å². The normalized spacial score (nSPS) is 11.8. The van der Waals surface area contributed by atoms with E-state index in [4.69, 9.17) is 11.6 Å². The lowest BCUT2D eigenvalue weighted by atomic mass is 9.91. The molecule has 106 valence electrons. The molecule has 0 aliphatic rings. The number of carbonyl (C=O) groups is 1. The smallest absolute Gasteiger partial charge is 0.187 e. The molecule has 6 heteroatoms. The molecule has 2 aromatic carbocycles. The van der Waals surface area contributed by atoms with E-state index < -0.39 is 23.3 Å². The van der Waals surface area contributed by atoms with Gasteiger partial charge >= 0.3 is 0 Å². The zero-order chi connectivity index (χ0) is 15.6. The van der Waals surface area contributed by atoms with Gasteiger partial charge in [0.2, 0.25) is 0 Å². The Kier molecular flexibility index (Phi) is 4.71. The van der Waals surface area contributed by atoms with Gasteiger partial charge in [-0.2, -0.15) is 5.26 Å². The van der Waals surface area contributed by atoms with Crippen molar-refractivity contribution >= 4 is 33.3 Å². The molecular weight excluding hydrogens is 364 g/mol. The fourth-order valence-corrected chi connectivity index (χ4v) is 2.53. The quantitative estimate of drug-likeness (QED) is 0.723. The first-order chi connectivity index (χ1) is 9.97. The topological polar surface area (TPSA) is 40.9 Å². The number of hydrogen-bond donors (Lipinski definition) is 0. The van der Waals surface area contributed by atoms with Crippen LogP contribution in [0.4, 0.5) is 8.78 Å². The summed E-state index contributed by atoms with van der Waals surface area (Å²) in [5.74, 6) is -3.93. The van der Waals surface area contributed by atoms with E-state index in [9.17, 15) is 18.8 Å². The molecule has 0 N–H and O–H groups in total. The van der Waals surface area contributed by atoms with Gasteiger partial charge in [-0.15, -0.1) is 0 Å². The van der Waals surface area contributed by atoms with Crippen molar-refractivity contribution in [3.63, 3.8) is 0 Å². The van der Waals surface area contributed by atoms with Crippen LogP contribution in [0.2, 0.25) is 5.02 Å². The van der Waals surface area contributed by atoms with Gasteiger partial charge in [0.1, 0.15) is 17.6 Å². The average molecular weight is 371 g/mol. The number of carbonyl (C=O) groups excluding carboxylic acids is 1. The fourth-order valence-electron chi connectivity index (χ4n) is 1.89. The van der Waals surface area contributed by atoms with E-state index in [1.54, 1.807) is 6.07 Å². The highest BCUT2D eigenvalue weighted by atomic mass is 79.9. The molecule has 0 heterocycles. The van der Waals surface area contributed by atoms with E-state index in [-0.39, 0.29) is 20.6 Å². The predicted octanol–water partition coefficient (Wildman–Crippen LogP) is 4.87. The van der Waals surface area contributed by atoms with Crippen molar-refractivity contribution < 1.29 is 13.6 Å². The van der Waals surface area contributed by atoms with Crippen LogP contribution in [-0.2, 0) is 0 Å². The number of benzene rings is 2. The van der Waals surface area contributed by atoms with Crippen molar-refractivity contribution in [2.45, 2.75) is 5.92 Å². The second-order valence-corrected chi connectivity index (χ2v) is 5.42. The Morgan fingerprint density at radius 2 is 1.90 bits per heavy atom. The molecule has 2 nitrogen and oxygen atoms in total. The van der Waals surface area contributed by atoms with Crippen molar-refractivity contribution in [1.29, 1.82) is 5.26 Å². The number of rotatable bonds is 3. The van der Waals surface area contributed by atoms with Gasteiger partial charge in [-0.3, -0.25) is 4.79 Å². The molecule has 0 saturated heterocycles. The van der Waals surface area contributed by atoms with Crippen LogP contribution in [0.1, 0.15) is 21.8 Å². The van der Waals surface area contributed by atoms with E-state index >= 15 is 0 Å². The number of ketones is 1. The molecule has 0 aliphatic heterocycles. The largest absolute Gasteiger partial charge is 0.292 e. The maximum atomic E-state index is 14.0. The van der Waals surface area contributed by atoms with E-state index in [1.807, 2.05) is 0 Å². The summed E-state index contributed by atoms with van der Waals surface area (Å²) in [6.07, 6.45) is 0. The lowest BCUT2D eigenvalue weighted by Crippen LogP contribution is -2.15. The molecule has 0 aliphatic carbocycles. The zero-order valence-corrected chi connectivity index (χ0v) is 12.8. The Hall–Kier alpha value is -1.77. The van der Waals surface area contributed by atoms with Crippen LogP contribution in [0.5, 0.6) is 0 Å². The summed E-state index contributed by atoms with van der Waals surface area (Å²) >= 11 is 8.82. The molecule has 2 rings (SSSR count). The Morgan fingerprint density at radius 3 is 2.52 bits per heavy atom. The van der Waals surface area contributed by atoms with Crippen LogP contribution in [0.15, 0.2) is 40.9 Å². The first-order valence-corrected chi connectivity index (χ1v) is 6.96. The molecule has 0 spiro atoms. The van der Waals surface area contributed by atoms with Crippen molar-refractivity contribution in [2.24, 2.45) is 0 Å². The first-order valence-electron chi connectivity index (χ1n) is 5.79. The SMILES string of the molecule is N#CC(C(=O)c1cccc(Br)c1F)c1c(F)cccc1Cl. The molecule has 0 radical (unpaired) electrons. The Labute approximate surface area is 133 Å².